The molecule has 1 atom stereocenters. The number of amides is 3. The molecule has 1 aromatic heterocycles. The Bertz CT molecular complexity index is 703. The summed E-state index contributed by atoms with van der Waals surface area (Å²) in [6.45, 7) is 1.92. The van der Waals surface area contributed by atoms with Crippen LogP contribution in [0.15, 0.2) is 30.3 Å². The molecule has 2 heterocycles. The first-order valence-electron chi connectivity index (χ1n) is 6.68. The van der Waals surface area contributed by atoms with Crippen LogP contribution in [0, 0.1) is 0 Å². The number of ether oxygens (including phenoxy) is 1. The number of benzene rings is 1. The van der Waals surface area contributed by atoms with Crippen molar-refractivity contribution >= 4 is 28.4 Å². The van der Waals surface area contributed by atoms with Gasteiger partial charge in [-0.25, -0.2) is 9.69 Å². The number of rotatable bonds is 4. The topological polar surface area (TPSA) is 75.6 Å². The van der Waals surface area contributed by atoms with Crippen LogP contribution in [0.25, 0.3) is 0 Å². The Hall–Kier alpha value is -2.48. The third kappa shape index (κ3) is 2.41. The molecular weight excluding hydrogens is 304 g/mol. The Morgan fingerprint density at radius 2 is 1.95 bits per heavy atom. The van der Waals surface area contributed by atoms with Crippen LogP contribution in [-0.2, 0) is 4.79 Å². The van der Waals surface area contributed by atoms with E-state index in [4.69, 9.17) is 4.74 Å². The zero-order chi connectivity index (χ0) is 15.7. The van der Waals surface area contributed by atoms with Gasteiger partial charge >= 0.3 is 6.03 Å². The fourth-order valence-electron chi connectivity index (χ4n) is 2.30. The van der Waals surface area contributed by atoms with E-state index in [1.807, 2.05) is 37.3 Å². The Balaban J connectivity index is 1.85. The molecule has 1 saturated heterocycles. The van der Waals surface area contributed by atoms with Gasteiger partial charge in [0.05, 0.1) is 13.2 Å². The maximum atomic E-state index is 12.6. The number of anilines is 1. The Morgan fingerprint density at radius 3 is 2.59 bits per heavy atom. The second-order valence-electron chi connectivity index (χ2n) is 4.78. The van der Waals surface area contributed by atoms with Gasteiger partial charge in [-0.05, 0) is 23.8 Å². The van der Waals surface area contributed by atoms with Crippen molar-refractivity contribution in [2.75, 3.05) is 18.6 Å². The van der Waals surface area contributed by atoms with Crippen LogP contribution in [0.3, 0.4) is 0 Å². The monoisotopic (exact) mass is 318 g/mol. The third-order valence-corrected chi connectivity index (χ3v) is 4.37. The molecule has 1 aromatic carbocycles. The largest absolute Gasteiger partial charge is 0.472 e. The molecule has 3 amide bonds. The van der Waals surface area contributed by atoms with E-state index in [1.54, 1.807) is 0 Å². The third-order valence-electron chi connectivity index (χ3n) is 3.50. The molecule has 0 unspecified atom stereocenters. The zero-order valence-corrected chi connectivity index (χ0v) is 12.9. The standard InChI is InChI=1S/C14H14N4O3S/c1-9(10-6-4-3-5-7-10)17-8-11(19)18(14(17)20)12-15-16-13(21-2)22-12/h3-7,9H,8H2,1-2H3/t9-/m0/s1. The number of imide groups is 1. The van der Waals surface area contributed by atoms with Gasteiger partial charge < -0.3 is 9.64 Å². The van der Waals surface area contributed by atoms with Crippen LogP contribution in [-0.4, -0.2) is 40.7 Å². The number of methoxy groups -OCH3 is 1. The summed E-state index contributed by atoms with van der Waals surface area (Å²) in [4.78, 5) is 27.3. The first-order valence-corrected chi connectivity index (χ1v) is 7.49. The summed E-state index contributed by atoms with van der Waals surface area (Å²) in [5, 5.41) is 8.14. The smallest absolute Gasteiger partial charge is 0.334 e. The van der Waals surface area contributed by atoms with E-state index in [0.29, 0.717) is 5.19 Å². The summed E-state index contributed by atoms with van der Waals surface area (Å²) in [7, 11) is 1.46. The van der Waals surface area contributed by atoms with Crippen LogP contribution >= 0.6 is 11.3 Å². The van der Waals surface area contributed by atoms with E-state index < -0.39 is 0 Å². The highest BCUT2D eigenvalue weighted by molar-refractivity contribution is 7.17. The minimum absolute atomic E-state index is 0.0246. The maximum absolute atomic E-state index is 12.6. The molecule has 0 bridgehead atoms. The highest BCUT2D eigenvalue weighted by atomic mass is 32.1. The van der Waals surface area contributed by atoms with Crippen molar-refractivity contribution in [2.45, 2.75) is 13.0 Å². The highest BCUT2D eigenvalue weighted by Crippen LogP contribution is 2.32. The van der Waals surface area contributed by atoms with Gasteiger partial charge in [-0.1, -0.05) is 35.4 Å². The van der Waals surface area contributed by atoms with Gasteiger partial charge in [-0.3, -0.25) is 4.79 Å². The van der Waals surface area contributed by atoms with E-state index in [-0.39, 0.29) is 29.7 Å². The fourth-order valence-corrected chi connectivity index (χ4v) is 2.97. The molecule has 2 aromatic rings. The first-order chi connectivity index (χ1) is 10.6. The molecular formula is C14H14N4O3S. The summed E-state index contributed by atoms with van der Waals surface area (Å²) < 4.78 is 4.95. The van der Waals surface area contributed by atoms with Crippen molar-refractivity contribution < 1.29 is 14.3 Å². The number of urea groups is 1. The summed E-state index contributed by atoms with van der Waals surface area (Å²) in [6, 6.07) is 8.99. The van der Waals surface area contributed by atoms with E-state index >= 15 is 0 Å². The van der Waals surface area contributed by atoms with Crippen molar-refractivity contribution in [3.05, 3.63) is 35.9 Å². The lowest BCUT2D eigenvalue weighted by Crippen LogP contribution is -2.34. The van der Waals surface area contributed by atoms with Gasteiger partial charge in [0.15, 0.2) is 0 Å². The lowest BCUT2D eigenvalue weighted by Gasteiger charge is -2.23. The summed E-state index contributed by atoms with van der Waals surface area (Å²) in [5.74, 6) is -0.313. The fraction of sp³-hybridized carbons (Fsp3) is 0.286. The quantitative estimate of drug-likeness (QED) is 0.807. The Morgan fingerprint density at radius 1 is 1.23 bits per heavy atom. The Labute approximate surface area is 131 Å². The average molecular weight is 318 g/mol. The molecule has 114 valence electrons. The molecule has 7 nitrogen and oxygen atoms in total. The van der Waals surface area contributed by atoms with Gasteiger partial charge in [0.2, 0.25) is 5.13 Å². The lowest BCUT2D eigenvalue weighted by molar-refractivity contribution is -0.116. The second kappa shape index (κ2) is 5.72. The van der Waals surface area contributed by atoms with Crippen LogP contribution in [0.5, 0.6) is 5.19 Å². The molecule has 1 aliphatic rings. The van der Waals surface area contributed by atoms with Crippen molar-refractivity contribution in [1.82, 2.24) is 15.1 Å². The van der Waals surface area contributed by atoms with Crippen LogP contribution in [0.1, 0.15) is 18.5 Å². The van der Waals surface area contributed by atoms with Crippen LogP contribution in [0.4, 0.5) is 9.93 Å². The molecule has 8 heteroatoms. The summed E-state index contributed by atoms with van der Waals surface area (Å²) in [6.07, 6.45) is 0. The van der Waals surface area contributed by atoms with Gasteiger partial charge in [0, 0.05) is 0 Å². The predicted molar refractivity (Wildman–Crippen MR) is 80.9 cm³/mol. The Kier molecular flexibility index (Phi) is 3.76. The normalized spacial score (nSPS) is 16.3. The van der Waals surface area contributed by atoms with E-state index in [0.717, 1.165) is 21.8 Å². The molecule has 0 aliphatic carbocycles. The maximum Gasteiger partial charge on any atom is 0.334 e. The molecule has 3 rings (SSSR count). The molecule has 22 heavy (non-hydrogen) atoms. The second-order valence-corrected chi connectivity index (χ2v) is 5.70. The number of carbonyl (C=O) groups is 2. The van der Waals surface area contributed by atoms with Crippen molar-refractivity contribution in [2.24, 2.45) is 0 Å². The van der Waals surface area contributed by atoms with E-state index in [2.05, 4.69) is 10.2 Å². The highest BCUT2D eigenvalue weighted by Gasteiger charge is 2.41. The number of aromatic nitrogens is 2. The molecule has 0 N–H and O–H groups in total. The average Bonchev–Trinajstić information content (AvgIpc) is 3.11. The minimum Gasteiger partial charge on any atom is -0.472 e. The molecule has 0 spiro atoms. The van der Waals surface area contributed by atoms with Gasteiger partial charge in [0.1, 0.15) is 6.54 Å². The van der Waals surface area contributed by atoms with Gasteiger partial charge in [-0.2, -0.15) is 0 Å². The minimum atomic E-state index is -0.389. The van der Waals surface area contributed by atoms with Gasteiger partial charge in [0.25, 0.3) is 11.1 Å². The number of hydrogen-bond donors (Lipinski definition) is 0. The summed E-state index contributed by atoms with van der Waals surface area (Å²) >= 11 is 1.06. The lowest BCUT2D eigenvalue weighted by atomic mass is 10.1. The first kappa shape index (κ1) is 14.5. The van der Waals surface area contributed by atoms with Crippen molar-refractivity contribution in [3.8, 4) is 5.19 Å². The SMILES string of the molecule is COc1nnc(N2C(=O)CN([C@@H](C)c3ccccc3)C2=O)s1. The van der Waals surface area contributed by atoms with Crippen molar-refractivity contribution in [1.29, 1.82) is 0 Å². The number of carbonyl (C=O) groups excluding carboxylic acids is 2. The number of nitrogens with zero attached hydrogens (tertiary/aromatic N) is 4. The molecule has 1 fully saturated rings. The van der Waals surface area contributed by atoms with Crippen LogP contribution in [0.2, 0.25) is 0 Å². The number of hydrogen-bond acceptors (Lipinski definition) is 6. The van der Waals surface area contributed by atoms with Crippen LogP contribution < -0.4 is 9.64 Å². The van der Waals surface area contributed by atoms with E-state index in [1.165, 1.54) is 12.0 Å². The summed E-state index contributed by atoms with van der Waals surface area (Å²) in [5.41, 5.74) is 0.973. The predicted octanol–water partition coefficient (Wildman–Crippen LogP) is 2.08. The molecule has 1 aliphatic heterocycles. The van der Waals surface area contributed by atoms with Crippen molar-refractivity contribution in [3.63, 3.8) is 0 Å². The molecule has 0 saturated carbocycles. The zero-order valence-electron chi connectivity index (χ0n) is 12.1. The molecule has 0 radical (unpaired) electrons. The van der Waals surface area contributed by atoms with Gasteiger partial charge in [-0.15, -0.1) is 5.10 Å². The van der Waals surface area contributed by atoms with E-state index in [9.17, 15) is 9.59 Å².